The molecule has 29 heavy (non-hydrogen) atoms. The molecule has 0 radical (unpaired) electrons. The van der Waals surface area contributed by atoms with Crippen molar-refractivity contribution < 1.29 is 13.7 Å². The number of hydrogen-bond donors (Lipinski definition) is 1. The van der Waals surface area contributed by atoms with E-state index in [9.17, 15) is 9.18 Å². The first-order valence-electron chi connectivity index (χ1n) is 9.90. The number of nitrogens with one attached hydrogen (secondary N) is 1. The number of amides is 1. The Morgan fingerprint density at radius 3 is 2.90 bits per heavy atom. The SMILES string of the molecule is O=C(CCCc1nc(-c2cccs2)no1)Nc1cc(F)ccc1N1CCCCC1. The molecule has 8 heteroatoms. The van der Waals surface area contributed by atoms with Crippen molar-refractivity contribution in [1.29, 1.82) is 0 Å². The maximum Gasteiger partial charge on any atom is 0.226 e. The quantitative estimate of drug-likeness (QED) is 0.596. The number of rotatable bonds is 7. The summed E-state index contributed by atoms with van der Waals surface area (Å²) in [5.74, 6) is 0.589. The second-order valence-electron chi connectivity index (χ2n) is 7.10. The van der Waals surface area contributed by atoms with E-state index in [0.717, 1.165) is 36.5 Å². The Morgan fingerprint density at radius 2 is 2.10 bits per heavy atom. The zero-order valence-electron chi connectivity index (χ0n) is 16.1. The van der Waals surface area contributed by atoms with Crippen LogP contribution in [-0.2, 0) is 11.2 Å². The van der Waals surface area contributed by atoms with Gasteiger partial charge in [0.15, 0.2) is 0 Å². The van der Waals surface area contributed by atoms with Gasteiger partial charge in [-0.3, -0.25) is 4.79 Å². The van der Waals surface area contributed by atoms with Crippen molar-refractivity contribution in [3.8, 4) is 10.7 Å². The minimum atomic E-state index is -0.354. The van der Waals surface area contributed by atoms with Gasteiger partial charge in [-0.25, -0.2) is 4.39 Å². The first-order chi connectivity index (χ1) is 14.2. The molecule has 3 heterocycles. The van der Waals surface area contributed by atoms with E-state index >= 15 is 0 Å². The molecule has 1 aliphatic heterocycles. The fraction of sp³-hybridized carbons (Fsp3) is 0.381. The lowest BCUT2D eigenvalue weighted by molar-refractivity contribution is -0.116. The molecule has 1 fully saturated rings. The van der Waals surface area contributed by atoms with Crippen LogP contribution < -0.4 is 10.2 Å². The Labute approximate surface area is 172 Å². The maximum absolute atomic E-state index is 13.8. The van der Waals surface area contributed by atoms with Crippen molar-refractivity contribution in [2.45, 2.75) is 38.5 Å². The average molecular weight is 415 g/mol. The predicted molar refractivity (Wildman–Crippen MR) is 112 cm³/mol. The Bertz CT molecular complexity index is 952. The Hall–Kier alpha value is -2.74. The maximum atomic E-state index is 13.8. The number of carbonyl (C=O) groups excluding carboxylic acids is 1. The highest BCUT2D eigenvalue weighted by molar-refractivity contribution is 7.13. The molecule has 0 bridgehead atoms. The van der Waals surface area contributed by atoms with Gasteiger partial charge in [-0.1, -0.05) is 11.2 Å². The molecule has 0 unspecified atom stereocenters. The van der Waals surface area contributed by atoms with E-state index in [1.165, 1.54) is 18.6 Å². The van der Waals surface area contributed by atoms with Crippen LogP contribution in [-0.4, -0.2) is 29.1 Å². The van der Waals surface area contributed by atoms with Crippen LogP contribution in [0.3, 0.4) is 0 Å². The summed E-state index contributed by atoms with van der Waals surface area (Å²) >= 11 is 1.55. The molecule has 1 saturated heterocycles. The molecule has 1 N–H and O–H groups in total. The number of hydrogen-bond acceptors (Lipinski definition) is 6. The minimum absolute atomic E-state index is 0.146. The van der Waals surface area contributed by atoms with Crippen LogP contribution in [0.5, 0.6) is 0 Å². The van der Waals surface area contributed by atoms with Crippen LogP contribution in [0.25, 0.3) is 10.7 Å². The number of thiophene rings is 1. The van der Waals surface area contributed by atoms with Crippen LogP contribution in [0.15, 0.2) is 40.2 Å². The second-order valence-corrected chi connectivity index (χ2v) is 8.05. The predicted octanol–water partition coefficient (Wildman–Crippen LogP) is 4.89. The first kappa shape index (κ1) is 19.6. The summed E-state index contributed by atoms with van der Waals surface area (Å²) in [6, 6.07) is 8.46. The average Bonchev–Trinajstić information content (AvgIpc) is 3.41. The van der Waals surface area contributed by atoms with Crippen molar-refractivity contribution in [1.82, 2.24) is 10.1 Å². The van der Waals surface area contributed by atoms with Crippen molar-refractivity contribution in [3.05, 3.63) is 47.4 Å². The number of aryl methyl sites for hydroxylation is 1. The Balaban J connectivity index is 1.32. The zero-order valence-corrected chi connectivity index (χ0v) is 16.9. The third-order valence-electron chi connectivity index (χ3n) is 4.93. The van der Waals surface area contributed by atoms with Crippen molar-refractivity contribution in [2.75, 3.05) is 23.3 Å². The highest BCUT2D eigenvalue weighted by Crippen LogP contribution is 2.29. The fourth-order valence-corrected chi connectivity index (χ4v) is 4.14. The third-order valence-corrected chi connectivity index (χ3v) is 5.80. The molecule has 0 atom stereocenters. The van der Waals surface area contributed by atoms with Crippen molar-refractivity contribution >= 4 is 28.6 Å². The number of carbonyl (C=O) groups is 1. The molecule has 6 nitrogen and oxygen atoms in total. The van der Waals surface area contributed by atoms with Gasteiger partial charge < -0.3 is 14.7 Å². The molecule has 1 aliphatic rings. The van der Waals surface area contributed by atoms with E-state index in [4.69, 9.17) is 4.52 Å². The van der Waals surface area contributed by atoms with E-state index in [0.29, 0.717) is 36.7 Å². The number of benzene rings is 1. The molecule has 4 rings (SSSR count). The summed E-state index contributed by atoms with van der Waals surface area (Å²) in [4.78, 5) is 20.0. The minimum Gasteiger partial charge on any atom is -0.370 e. The molecule has 1 aromatic carbocycles. The van der Waals surface area contributed by atoms with Gasteiger partial charge in [-0.2, -0.15) is 4.98 Å². The largest absolute Gasteiger partial charge is 0.370 e. The molecule has 0 spiro atoms. The summed E-state index contributed by atoms with van der Waals surface area (Å²) in [6.07, 6.45) is 4.83. The second kappa shape index (κ2) is 9.17. The first-order valence-corrected chi connectivity index (χ1v) is 10.8. The summed E-state index contributed by atoms with van der Waals surface area (Å²) in [5, 5.41) is 8.81. The molecular formula is C21H23FN4O2S. The van der Waals surface area contributed by atoms with E-state index < -0.39 is 0 Å². The summed E-state index contributed by atoms with van der Waals surface area (Å²) in [7, 11) is 0. The number of aromatic nitrogens is 2. The van der Waals surface area contributed by atoms with E-state index in [1.807, 2.05) is 17.5 Å². The molecule has 3 aromatic rings. The smallest absolute Gasteiger partial charge is 0.226 e. The van der Waals surface area contributed by atoms with Crippen LogP contribution >= 0.6 is 11.3 Å². The van der Waals surface area contributed by atoms with Crippen LogP contribution in [0.4, 0.5) is 15.8 Å². The topological polar surface area (TPSA) is 71.3 Å². The van der Waals surface area contributed by atoms with Gasteiger partial charge in [0.1, 0.15) is 5.82 Å². The van der Waals surface area contributed by atoms with Crippen molar-refractivity contribution in [3.63, 3.8) is 0 Å². The van der Waals surface area contributed by atoms with E-state index in [1.54, 1.807) is 17.4 Å². The van der Waals surface area contributed by atoms with E-state index in [-0.39, 0.29) is 11.7 Å². The van der Waals surface area contributed by atoms with E-state index in [2.05, 4.69) is 20.4 Å². The highest BCUT2D eigenvalue weighted by atomic mass is 32.1. The summed E-state index contributed by atoms with van der Waals surface area (Å²) < 4.78 is 19.0. The molecule has 0 saturated carbocycles. The number of piperidine rings is 1. The lowest BCUT2D eigenvalue weighted by Gasteiger charge is -2.30. The van der Waals surface area contributed by atoms with Gasteiger partial charge in [0.05, 0.1) is 16.3 Å². The fourth-order valence-electron chi connectivity index (χ4n) is 3.49. The lowest BCUT2D eigenvalue weighted by Crippen LogP contribution is -2.30. The molecular weight excluding hydrogens is 391 g/mol. The third kappa shape index (κ3) is 5.00. The van der Waals surface area contributed by atoms with Crippen molar-refractivity contribution in [2.24, 2.45) is 0 Å². The summed E-state index contributed by atoms with van der Waals surface area (Å²) in [5.41, 5.74) is 1.42. The van der Waals surface area contributed by atoms with Gasteiger partial charge in [-0.05, 0) is 55.3 Å². The van der Waals surface area contributed by atoms with Gasteiger partial charge in [0, 0.05) is 25.9 Å². The molecule has 0 aliphatic carbocycles. The van der Waals surface area contributed by atoms with Crippen LogP contribution in [0, 0.1) is 5.82 Å². The van der Waals surface area contributed by atoms with Gasteiger partial charge in [0.2, 0.25) is 17.6 Å². The number of nitrogens with zero attached hydrogens (tertiary/aromatic N) is 3. The standard InChI is InChI=1S/C21H23FN4O2S/c22-15-9-10-17(26-11-2-1-3-12-26)16(14-15)23-19(27)7-4-8-20-24-21(25-28-20)18-6-5-13-29-18/h5-6,9-10,13-14H,1-4,7-8,11-12H2,(H,23,27). The van der Waals surface area contributed by atoms with Gasteiger partial charge >= 0.3 is 0 Å². The zero-order chi connectivity index (χ0) is 20.1. The number of halogens is 1. The molecule has 2 aromatic heterocycles. The van der Waals surface area contributed by atoms with Crippen LogP contribution in [0.2, 0.25) is 0 Å². The normalized spacial score (nSPS) is 14.2. The molecule has 152 valence electrons. The van der Waals surface area contributed by atoms with Gasteiger partial charge in [-0.15, -0.1) is 11.3 Å². The lowest BCUT2D eigenvalue weighted by atomic mass is 10.1. The Kier molecular flexibility index (Phi) is 6.19. The van der Waals surface area contributed by atoms with Gasteiger partial charge in [0.25, 0.3) is 0 Å². The molecule has 1 amide bonds. The Morgan fingerprint density at radius 1 is 1.24 bits per heavy atom. The number of anilines is 2. The van der Waals surface area contributed by atoms with Crippen LogP contribution in [0.1, 0.15) is 38.0 Å². The monoisotopic (exact) mass is 414 g/mol. The summed E-state index contributed by atoms with van der Waals surface area (Å²) in [6.45, 7) is 1.86. The highest BCUT2D eigenvalue weighted by Gasteiger charge is 2.17.